The van der Waals surface area contributed by atoms with Crippen molar-refractivity contribution in [1.82, 2.24) is 20.1 Å². The molecule has 0 unspecified atom stereocenters. The van der Waals surface area contributed by atoms with Crippen molar-refractivity contribution >= 4 is 29.0 Å². The van der Waals surface area contributed by atoms with Gasteiger partial charge < -0.3 is 9.88 Å². The van der Waals surface area contributed by atoms with Gasteiger partial charge >= 0.3 is 0 Å². The molecule has 2 aromatic heterocycles. The van der Waals surface area contributed by atoms with E-state index < -0.39 is 0 Å². The molecule has 0 bridgehead atoms. The molecule has 0 radical (unpaired) electrons. The maximum absolute atomic E-state index is 12.9. The van der Waals surface area contributed by atoms with Crippen LogP contribution in [0, 0.1) is 5.82 Å². The first-order valence-corrected chi connectivity index (χ1v) is 10.1. The zero-order valence-corrected chi connectivity index (χ0v) is 15.7. The quantitative estimate of drug-likeness (QED) is 0.570. The number of amides is 1. The zero-order valence-electron chi connectivity index (χ0n) is 14.1. The van der Waals surface area contributed by atoms with Crippen LogP contribution in [0.25, 0.3) is 0 Å². The molecule has 0 spiro atoms. The second kappa shape index (κ2) is 9.49. The highest BCUT2D eigenvalue weighted by Gasteiger charge is 2.09. The summed E-state index contributed by atoms with van der Waals surface area (Å²) in [6.45, 7) is 1.32. The summed E-state index contributed by atoms with van der Waals surface area (Å²) >= 11 is 3.11. The van der Waals surface area contributed by atoms with Gasteiger partial charge in [-0.3, -0.25) is 4.79 Å². The van der Waals surface area contributed by atoms with Crippen molar-refractivity contribution in [3.05, 3.63) is 64.4 Å². The number of thioether (sulfide) groups is 1. The summed E-state index contributed by atoms with van der Waals surface area (Å²) in [5.41, 5.74) is 0.993. The van der Waals surface area contributed by atoms with Gasteiger partial charge in [0.05, 0.1) is 5.75 Å². The molecule has 0 fully saturated rings. The van der Waals surface area contributed by atoms with Gasteiger partial charge in [0.2, 0.25) is 5.91 Å². The smallest absolute Gasteiger partial charge is 0.230 e. The molecule has 3 rings (SSSR count). The van der Waals surface area contributed by atoms with Gasteiger partial charge in [-0.25, -0.2) is 4.39 Å². The molecular formula is C18H19FN4OS2. The van der Waals surface area contributed by atoms with Gasteiger partial charge in [-0.05, 0) is 42.0 Å². The van der Waals surface area contributed by atoms with Crippen LogP contribution in [0.15, 0.2) is 53.3 Å². The lowest BCUT2D eigenvalue weighted by Gasteiger charge is -2.07. The number of halogens is 1. The van der Waals surface area contributed by atoms with Crippen LogP contribution in [0.1, 0.15) is 10.4 Å². The van der Waals surface area contributed by atoms with E-state index in [4.69, 9.17) is 0 Å². The molecule has 5 nitrogen and oxygen atoms in total. The molecule has 26 heavy (non-hydrogen) atoms. The normalized spacial score (nSPS) is 10.8. The second-order valence-corrected chi connectivity index (χ2v) is 7.63. The molecule has 8 heteroatoms. The van der Waals surface area contributed by atoms with Crippen molar-refractivity contribution in [2.75, 3.05) is 12.3 Å². The molecule has 2 heterocycles. The predicted octanol–water partition coefficient (Wildman–Crippen LogP) is 3.17. The van der Waals surface area contributed by atoms with Crippen molar-refractivity contribution < 1.29 is 9.18 Å². The van der Waals surface area contributed by atoms with Crippen LogP contribution < -0.4 is 5.32 Å². The van der Waals surface area contributed by atoms with Gasteiger partial charge in [-0.15, -0.1) is 21.5 Å². The topological polar surface area (TPSA) is 59.8 Å². The van der Waals surface area contributed by atoms with Crippen LogP contribution in [0.2, 0.25) is 0 Å². The van der Waals surface area contributed by atoms with Gasteiger partial charge in [0.1, 0.15) is 12.1 Å². The minimum absolute atomic E-state index is 0.0510. The minimum atomic E-state index is -0.252. The molecule has 0 aliphatic rings. The Morgan fingerprint density at radius 1 is 1.23 bits per heavy atom. The molecule has 3 aromatic rings. The number of benzene rings is 1. The SMILES string of the molecule is O=C(CSc1nncn1CCc1cccs1)NCCc1ccc(F)cc1. The van der Waals surface area contributed by atoms with Crippen LogP contribution in [0.4, 0.5) is 4.39 Å². The lowest BCUT2D eigenvalue weighted by atomic mass is 10.1. The van der Waals surface area contributed by atoms with Gasteiger partial charge in [0.15, 0.2) is 5.16 Å². The second-order valence-electron chi connectivity index (χ2n) is 5.65. The van der Waals surface area contributed by atoms with Gasteiger partial charge in [0.25, 0.3) is 0 Å². The van der Waals surface area contributed by atoms with Crippen molar-refractivity contribution in [3.63, 3.8) is 0 Å². The van der Waals surface area contributed by atoms with Crippen molar-refractivity contribution in [3.8, 4) is 0 Å². The van der Waals surface area contributed by atoms with E-state index in [9.17, 15) is 9.18 Å². The fraction of sp³-hybridized carbons (Fsp3) is 0.278. The highest BCUT2D eigenvalue weighted by Crippen LogP contribution is 2.16. The summed E-state index contributed by atoms with van der Waals surface area (Å²) in [4.78, 5) is 13.3. The maximum Gasteiger partial charge on any atom is 0.230 e. The number of carbonyl (C=O) groups excluding carboxylic acids is 1. The number of thiophene rings is 1. The summed E-state index contributed by atoms with van der Waals surface area (Å²) in [6, 6.07) is 10.5. The third-order valence-electron chi connectivity index (χ3n) is 3.74. The average Bonchev–Trinajstić information content (AvgIpc) is 3.31. The average molecular weight is 391 g/mol. The summed E-state index contributed by atoms with van der Waals surface area (Å²) in [7, 11) is 0. The molecule has 1 aromatic carbocycles. The molecular weight excluding hydrogens is 371 g/mol. The van der Waals surface area contributed by atoms with Crippen molar-refractivity contribution in [2.45, 2.75) is 24.5 Å². The summed E-state index contributed by atoms with van der Waals surface area (Å²) in [5.74, 6) is -0.0107. The van der Waals surface area contributed by atoms with E-state index in [0.29, 0.717) is 18.7 Å². The number of carbonyl (C=O) groups is 1. The van der Waals surface area contributed by atoms with Crippen LogP contribution in [-0.2, 0) is 24.2 Å². The lowest BCUT2D eigenvalue weighted by Crippen LogP contribution is -2.27. The molecule has 0 aliphatic carbocycles. The highest BCUT2D eigenvalue weighted by atomic mass is 32.2. The van der Waals surface area contributed by atoms with Crippen LogP contribution in [0.3, 0.4) is 0 Å². The van der Waals surface area contributed by atoms with Gasteiger partial charge in [-0.2, -0.15) is 0 Å². The van der Waals surface area contributed by atoms with E-state index in [1.165, 1.54) is 28.8 Å². The van der Waals surface area contributed by atoms with Gasteiger partial charge in [-0.1, -0.05) is 30.0 Å². The Morgan fingerprint density at radius 2 is 2.08 bits per heavy atom. The number of nitrogens with one attached hydrogen (secondary N) is 1. The minimum Gasteiger partial charge on any atom is -0.355 e. The number of aromatic nitrogens is 3. The Morgan fingerprint density at radius 3 is 2.85 bits per heavy atom. The largest absolute Gasteiger partial charge is 0.355 e. The summed E-state index contributed by atoms with van der Waals surface area (Å²) in [5, 5.41) is 13.7. The zero-order chi connectivity index (χ0) is 18.2. The fourth-order valence-electron chi connectivity index (χ4n) is 2.37. The number of nitrogens with zero attached hydrogens (tertiary/aromatic N) is 3. The summed E-state index contributed by atoms with van der Waals surface area (Å²) in [6.07, 6.45) is 3.29. The lowest BCUT2D eigenvalue weighted by molar-refractivity contribution is -0.118. The third kappa shape index (κ3) is 5.67. The van der Waals surface area contributed by atoms with E-state index >= 15 is 0 Å². The van der Waals surface area contributed by atoms with Gasteiger partial charge in [0, 0.05) is 18.0 Å². The van der Waals surface area contributed by atoms with E-state index in [1.54, 1.807) is 29.8 Å². The fourth-order valence-corrected chi connectivity index (χ4v) is 3.84. The first-order chi connectivity index (χ1) is 12.7. The Bertz CT molecular complexity index is 818. The van der Waals surface area contributed by atoms with Crippen LogP contribution in [0.5, 0.6) is 0 Å². The van der Waals surface area contributed by atoms with E-state index in [-0.39, 0.29) is 11.7 Å². The first kappa shape index (κ1) is 18.6. The van der Waals surface area contributed by atoms with Crippen molar-refractivity contribution in [2.24, 2.45) is 0 Å². The Balaban J connectivity index is 1.39. The number of hydrogen-bond acceptors (Lipinski definition) is 5. The predicted molar refractivity (Wildman–Crippen MR) is 102 cm³/mol. The highest BCUT2D eigenvalue weighted by molar-refractivity contribution is 7.99. The molecule has 0 saturated carbocycles. The molecule has 0 aliphatic heterocycles. The van der Waals surface area contributed by atoms with Crippen LogP contribution >= 0.6 is 23.1 Å². The molecule has 0 atom stereocenters. The van der Waals surface area contributed by atoms with E-state index in [0.717, 1.165) is 23.7 Å². The van der Waals surface area contributed by atoms with E-state index in [2.05, 4.69) is 27.0 Å². The Hall–Kier alpha value is -2.19. The third-order valence-corrected chi connectivity index (χ3v) is 5.66. The number of aryl methyl sites for hydroxylation is 2. The maximum atomic E-state index is 12.9. The monoisotopic (exact) mass is 390 g/mol. The number of hydrogen-bond donors (Lipinski definition) is 1. The number of rotatable bonds is 9. The molecule has 1 N–H and O–H groups in total. The van der Waals surface area contributed by atoms with Crippen molar-refractivity contribution in [1.29, 1.82) is 0 Å². The standard InChI is InChI=1S/C18H19FN4OS2/c19-15-5-3-14(4-6-15)7-9-20-17(24)12-26-18-22-21-13-23(18)10-8-16-2-1-11-25-16/h1-6,11,13H,7-10,12H2,(H,20,24). The molecule has 1 amide bonds. The Labute approximate surface area is 159 Å². The Kier molecular flexibility index (Phi) is 6.79. The van der Waals surface area contributed by atoms with E-state index in [1.807, 2.05) is 10.6 Å². The first-order valence-electron chi connectivity index (χ1n) is 8.25. The van der Waals surface area contributed by atoms with Crippen LogP contribution in [-0.4, -0.2) is 33.0 Å². The molecule has 136 valence electrons. The summed E-state index contributed by atoms with van der Waals surface area (Å²) < 4.78 is 14.8. The molecule has 0 saturated heterocycles.